The maximum Gasteiger partial charge on any atom is 0.298 e. The molecule has 0 heterocycles. The molecule has 0 aromatic rings. The summed E-state index contributed by atoms with van der Waals surface area (Å²) in [6, 6.07) is 0. The van der Waals surface area contributed by atoms with Crippen LogP contribution in [0.1, 0.15) is 19.8 Å². The number of rotatable bonds is 4. The van der Waals surface area contributed by atoms with E-state index in [2.05, 4.69) is 5.14 Å². The summed E-state index contributed by atoms with van der Waals surface area (Å²) in [4.78, 5) is 0. The van der Waals surface area contributed by atoms with Crippen LogP contribution in [0, 0.1) is 0 Å². The molecular formula is C4H12N2O3S. The van der Waals surface area contributed by atoms with Gasteiger partial charge < -0.3 is 0 Å². The van der Waals surface area contributed by atoms with Gasteiger partial charge in [0.25, 0.3) is 10.2 Å². The number of nitrogens with zero attached hydrogens (tertiary/aromatic N) is 1. The van der Waals surface area contributed by atoms with Crippen LogP contribution in [0.25, 0.3) is 0 Å². The second kappa shape index (κ2) is 3.87. The smallest absolute Gasteiger partial charge is 0.298 e. The van der Waals surface area contributed by atoms with Gasteiger partial charge in [0.1, 0.15) is 0 Å². The third-order valence-corrected chi connectivity index (χ3v) is 1.77. The molecule has 5 nitrogen and oxygen atoms in total. The molecule has 6 heteroatoms. The van der Waals surface area contributed by atoms with E-state index in [1.807, 2.05) is 6.92 Å². The van der Waals surface area contributed by atoms with Gasteiger partial charge in [-0.1, -0.05) is 17.8 Å². The summed E-state index contributed by atoms with van der Waals surface area (Å²) < 4.78 is 20.7. The van der Waals surface area contributed by atoms with Gasteiger partial charge in [-0.2, -0.15) is 8.42 Å². The Bertz CT molecular complexity index is 177. The van der Waals surface area contributed by atoms with Crippen LogP contribution in [0.2, 0.25) is 0 Å². The third kappa shape index (κ3) is 3.78. The topological polar surface area (TPSA) is 83.6 Å². The molecule has 0 rings (SSSR count). The lowest BCUT2D eigenvalue weighted by Crippen LogP contribution is -2.34. The fraction of sp³-hybridized carbons (Fsp3) is 1.00. The van der Waals surface area contributed by atoms with Crippen LogP contribution in [0.3, 0.4) is 0 Å². The Balaban J connectivity index is 3.75. The number of nitrogens with two attached hydrogens (primary N) is 1. The van der Waals surface area contributed by atoms with Crippen molar-refractivity contribution in [2.75, 3.05) is 6.54 Å². The first-order valence-electron chi connectivity index (χ1n) is 2.97. The van der Waals surface area contributed by atoms with E-state index in [1.165, 1.54) is 0 Å². The molecule has 0 amide bonds. The predicted octanol–water partition coefficient (Wildman–Crippen LogP) is -0.319. The predicted molar refractivity (Wildman–Crippen MR) is 36.5 cm³/mol. The highest BCUT2D eigenvalue weighted by atomic mass is 32.2. The Labute approximate surface area is 60.6 Å². The number of hydrogen-bond acceptors (Lipinski definition) is 3. The fourth-order valence-electron chi connectivity index (χ4n) is 0.421. The van der Waals surface area contributed by atoms with Crippen molar-refractivity contribution in [3.05, 3.63) is 0 Å². The molecule has 0 bridgehead atoms. The molecule has 0 atom stereocenters. The highest BCUT2D eigenvalue weighted by Gasteiger charge is 2.11. The van der Waals surface area contributed by atoms with Gasteiger partial charge in [0, 0.05) is 6.54 Å². The highest BCUT2D eigenvalue weighted by molar-refractivity contribution is 7.86. The SMILES string of the molecule is CCCCN(O)S(N)(=O)=O. The molecule has 0 aromatic heterocycles. The van der Waals surface area contributed by atoms with Gasteiger partial charge in [-0.25, -0.2) is 5.14 Å². The van der Waals surface area contributed by atoms with Gasteiger partial charge in [-0.15, -0.1) is 0 Å². The van der Waals surface area contributed by atoms with E-state index in [4.69, 9.17) is 5.21 Å². The number of hydrogen-bond donors (Lipinski definition) is 2. The molecular weight excluding hydrogens is 156 g/mol. The first-order valence-corrected chi connectivity index (χ1v) is 4.48. The van der Waals surface area contributed by atoms with Crippen LogP contribution in [-0.2, 0) is 10.2 Å². The van der Waals surface area contributed by atoms with Gasteiger partial charge in [-0.3, -0.25) is 5.21 Å². The second-order valence-corrected chi connectivity index (χ2v) is 3.40. The summed E-state index contributed by atoms with van der Waals surface area (Å²) in [7, 11) is -3.89. The molecule has 0 aliphatic heterocycles. The molecule has 0 radical (unpaired) electrons. The van der Waals surface area contributed by atoms with Crippen molar-refractivity contribution >= 4 is 10.2 Å². The van der Waals surface area contributed by atoms with E-state index in [0.29, 0.717) is 6.42 Å². The third-order valence-electron chi connectivity index (χ3n) is 0.997. The van der Waals surface area contributed by atoms with E-state index in [9.17, 15) is 8.42 Å². The Hall–Kier alpha value is -0.170. The summed E-state index contributed by atoms with van der Waals surface area (Å²) in [6.45, 7) is 1.95. The zero-order valence-electron chi connectivity index (χ0n) is 5.82. The van der Waals surface area contributed by atoms with Crippen molar-refractivity contribution in [2.24, 2.45) is 5.14 Å². The molecule has 0 aromatic carbocycles. The fourth-order valence-corrected chi connectivity index (χ4v) is 0.804. The van der Waals surface area contributed by atoms with Gasteiger partial charge in [0.2, 0.25) is 0 Å². The van der Waals surface area contributed by atoms with Gasteiger partial charge in [0.05, 0.1) is 0 Å². The summed E-state index contributed by atoms with van der Waals surface area (Å²) in [5.41, 5.74) is 0. The van der Waals surface area contributed by atoms with Crippen LogP contribution in [0.5, 0.6) is 0 Å². The van der Waals surface area contributed by atoms with E-state index in [-0.39, 0.29) is 11.0 Å². The van der Waals surface area contributed by atoms with Crippen LogP contribution in [0.4, 0.5) is 0 Å². The summed E-state index contributed by atoms with van der Waals surface area (Å²) in [6.07, 6.45) is 1.42. The summed E-state index contributed by atoms with van der Waals surface area (Å²) in [5, 5.41) is 13.2. The number of unbranched alkanes of at least 4 members (excludes halogenated alkanes) is 1. The molecule has 0 aliphatic rings. The normalized spacial score (nSPS) is 12.4. The minimum Gasteiger partial charge on any atom is -0.298 e. The summed E-state index contributed by atoms with van der Waals surface area (Å²) >= 11 is 0. The Kier molecular flexibility index (Phi) is 3.80. The minimum atomic E-state index is -3.89. The van der Waals surface area contributed by atoms with Gasteiger partial charge in [-0.05, 0) is 6.42 Å². The lowest BCUT2D eigenvalue weighted by Gasteiger charge is -2.09. The van der Waals surface area contributed by atoms with Crippen molar-refractivity contribution in [1.29, 1.82) is 0 Å². The van der Waals surface area contributed by atoms with Crippen LogP contribution in [0.15, 0.2) is 0 Å². The van der Waals surface area contributed by atoms with Crippen LogP contribution < -0.4 is 5.14 Å². The summed E-state index contributed by atoms with van der Waals surface area (Å²) in [5.74, 6) is 0. The average Bonchev–Trinajstić information content (AvgIpc) is 1.80. The largest absolute Gasteiger partial charge is 0.298 e. The Morgan fingerprint density at radius 3 is 2.40 bits per heavy atom. The Morgan fingerprint density at radius 2 is 2.10 bits per heavy atom. The van der Waals surface area contributed by atoms with Crippen molar-refractivity contribution in [1.82, 2.24) is 4.47 Å². The first kappa shape index (κ1) is 9.83. The van der Waals surface area contributed by atoms with E-state index < -0.39 is 10.2 Å². The van der Waals surface area contributed by atoms with Crippen molar-refractivity contribution < 1.29 is 13.6 Å². The second-order valence-electron chi connectivity index (χ2n) is 1.94. The molecule has 3 N–H and O–H groups in total. The minimum absolute atomic E-state index is 0.0648. The van der Waals surface area contributed by atoms with Crippen LogP contribution in [-0.4, -0.2) is 24.6 Å². The number of hydroxylamine groups is 1. The molecule has 0 spiro atoms. The molecule has 0 aliphatic carbocycles. The van der Waals surface area contributed by atoms with Crippen molar-refractivity contribution in [3.8, 4) is 0 Å². The van der Waals surface area contributed by atoms with Gasteiger partial charge >= 0.3 is 0 Å². The zero-order valence-corrected chi connectivity index (χ0v) is 6.63. The van der Waals surface area contributed by atoms with E-state index in [0.717, 1.165) is 6.42 Å². The molecule has 0 saturated carbocycles. The highest BCUT2D eigenvalue weighted by Crippen LogP contribution is 1.93. The zero-order chi connectivity index (χ0) is 8.20. The lowest BCUT2D eigenvalue weighted by atomic mass is 10.3. The molecule has 0 fully saturated rings. The maximum absolute atomic E-state index is 10.3. The molecule has 0 saturated heterocycles. The van der Waals surface area contributed by atoms with E-state index >= 15 is 0 Å². The van der Waals surface area contributed by atoms with Crippen LogP contribution >= 0.6 is 0 Å². The first-order chi connectivity index (χ1) is 4.48. The van der Waals surface area contributed by atoms with Crippen molar-refractivity contribution in [2.45, 2.75) is 19.8 Å². The quantitative estimate of drug-likeness (QED) is 0.564. The lowest BCUT2D eigenvalue weighted by molar-refractivity contribution is 0.00230. The Morgan fingerprint density at radius 1 is 1.60 bits per heavy atom. The average molecular weight is 168 g/mol. The van der Waals surface area contributed by atoms with Crippen molar-refractivity contribution in [3.63, 3.8) is 0 Å². The monoisotopic (exact) mass is 168 g/mol. The molecule has 0 unspecified atom stereocenters. The maximum atomic E-state index is 10.3. The molecule has 10 heavy (non-hydrogen) atoms. The van der Waals surface area contributed by atoms with E-state index in [1.54, 1.807) is 0 Å². The standard InChI is InChI=1S/C4H12N2O3S/c1-2-3-4-6(7)10(5,8)9/h7H,2-4H2,1H3,(H2,5,8,9). The van der Waals surface area contributed by atoms with Gasteiger partial charge in [0.15, 0.2) is 0 Å². The molecule has 62 valence electrons.